The van der Waals surface area contributed by atoms with Crippen LogP contribution in [0.25, 0.3) is 250 Å². The SMILES string of the molecule is c1ccc(-c2nc(-c3ccccc3)nc(-c3ccc(-n4c5ccccc5c5cc(-n6c7ccccc7c7cc(-c8cccc9c8oc8ccccc89)ccc76)ccc54)cc3)n2)cc1.c1ccc(-c2nc(-c3ccccc3)nc(-c3ccc4c(c3)-c3cc(-n5c6ccccc6c6cc(-c7ccc8oc9cc%10c(cc9c8c7)oc7ccccc7%10)ccc65)ccc3C4)n2)cc1. The van der Waals surface area contributed by atoms with Gasteiger partial charge in [0.25, 0.3) is 0 Å². The Morgan fingerprint density at radius 2 is 0.504 bits per heavy atom. The van der Waals surface area contributed by atoms with E-state index in [2.05, 4.69) is 268 Å². The second-order valence-corrected chi connectivity index (χ2v) is 32.8. The maximum atomic E-state index is 6.47. The van der Waals surface area contributed by atoms with Crippen molar-refractivity contribution in [3.8, 4) is 119 Å². The van der Waals surface area contributed by atoms with Gasteiger partial charge in [-0.25, -0.2) is 29.9 Å². The molecule has 0 atom stereocenters. The van der Waals surface area contributed by atoms with Gasteiger partial charge in [0, 0.05) is 121 Å². The van der Waals surface area contributed by atoms with E-state index in [9.17, 15) is 0 Å². The Morgan fingerprint density at radius 3 is 1.05 bits per heavy atom. The van der Waals surface area contributed by atoms with Gasteiger partial charge in [-0.05, 0) is 185 Å². The summed E-state index contributed by atoms with van der Waals surface area (Å²) in [6.07, 6.45) is 0.878. The van der Waals surface area contributed by atoms with Crippen molar-refractivity contribution >= 4 is 131 Å². The highest BCUT2D eigenvalue weighted by Gasteiger charge is 2.26. The molecule has 592 valence electrons. The first-order chi connectivity index (χ1) is 62.9. The summed E-state index contributed by atoms with van der Waals surface area (Å²) in [5.41, 5.74) is 30.7. The molecule has 0 aliphatic heterocycles. The van der Waals surface area contributed by atoms with Gasteiger partial charge in [-0.15, -0.1) is 0 Å². The quantitative estimate of drug-likeness (QED) is 0.124. The Kier molecular flexibility index (Phi) is 16.2. The van der Waals surface area contributed by atoms with Gasteiger partial charge in [-0.3, -0.25) is 0 Å². The number of hydrogen-bond acceptors (Lipinski definition) is 9. The van der Waals surface area contributed by atoms with Gasteiger partial charge < -0.3 is 27.0 Å². The largest absolute Gasteiger partial charge is 0.456 e. The highest BCUT2D eigenvalue weighted by Crippen LogP contribution is 2.47. The summed E-state index contributed by atoms with van der Waals surface area (Å²) in [5.74, 6) is 3.88. The Bertz CT molecular complexity index is 8880. The molecule has 0 unspecified atom stereocenters. The summed E-state index contributed by atoms with van der Waals surface area (Å²) in [7, 11) is 0. The molecule has 0 fully saturated rings. The van der Waals surface area contributed by atoms with Gasteiger partial charge in [0.1, 0.15) is 33.5 Å². The molecule has 1 aliphatic rings. The number of para-hydroxylation sites is 6. The molecule has 0 radical (unpaired) electrons. The van der Waals surface area contributed by atoms with Gasteiger partial charge in [-0.1, -0.05) is 267 Å². The maximum absolute atomic E-state index is 6.47. The molecule has 27 rings (SSSR count). The first-order valence-electron chi connectivity index (χ1n) is 42.8. The van der Waals surface area contributed by atoms with Crippen LogP contribution in [0.4, 0.5) is 0 Å². The number of aromatic nitrogens is 9. The molecule has 0 saturated carbocycles. The van der Waals surface area contributed by atoms with Crippen LogP contribution in [0.15, 0.2) is 420 Å². The summed E-state index contributed by atoms with van der Waals surface area (Å²) < 4.78 is 26.3. The van der Waals surface area contributed by atoms with Crippen molar-refractivity contribution in [1.82, 2.24) is 43.6 Å². The van der Waals surface area contributed by atoms with Crippen LogP contribution in [-0.4, -0.2) is 43.6 Å². The Morgan fingerprint density at radius 1 is 0.173 bits per heavy atom. The van der Waals surface area contributed by atoms with Crippen molar-refractivity contribution in [1.29, 1.82) is 0 Å². The number of benzene rings is 18. The lowest BCUT2D eigenvalue weighted by atomic mass is 10.0. The predicted octanol–water partition coefficient (Wildman–Crippen LogP) is 29.6. The fraction of sp³-hybridized carbons (Fsp3) is 0.00870. The Balaban J connectivity index is 0.000000135. The molecule has 0 spiro atoms. The van der Waals surface area contributed by atoms with Crippen LogP contribution in [0.3, 0.4) is 0 Å². The van der Waals surface area contributed by atoms with Crippen molar-refractivity contribution in [3.05, 3.63) is 418 Å². The van der Waals surface area contributed by atoms with Crippen LogP contribution in [-0.2, 0) is 6.42 Å². The van der Waals surface area contributed by atoms with Gasteiger partial charge in [0.2, 0.25) is 0 Å². The van der Waals surface area contributed by atoms with E-state index in [1.165, 1.54) is 60.1 Å². The third kappa shape index (κ3) is 11.8. The molecule has 8 heterocycles. The van der Waals surface area contributed by atoms with Crippen molar-refractivity contribution in [3.63, 3.8) is 0 Å². The third-order valence-corrected chi connectivity index (χ3v) is 25.4. The van der Waals surface area contributed by atoms with Crippen LogP contribution in [0.5, 0.6) is 0 Å². The smallest absolute Gasteiger partial charge is 0.164 e. The number of fused-ring (bicyclic) bond motifs is 21. The van der Waals surface area contributed by atoms with Crippen molar-refractivity contribution < 1.29 is 13.3 Å². The predicted molar refractivity (Wildman–Crippen MR) is 516 cm³/mol. The van der Waals surface area contributed by atoms with E-state index in [-0.39, 0.29) is 0 Å². The van der Waals surface area contributed by atoms with E-state index in [1.807, 2.05) is 152 Å². The monoisotopic (exact) mass is 1620 g/mol. The van der Waals surface area contributed by atoms with Crippen LogP contribution < -0.4 is 0 Å². The molecule has 12 heteroatoms. The number of nitrogens with zero attached hydrogens (tertiary/aromatic N) is 9. The van der Waals surface area contributed by atoms with E-state index in [0.29, 0.717) is 34.9 Å². The normalized spacial score (nSPS) is 12.1. The van der Waals surface area contributed by atoms with E-state index in [4.69, 9.17) is 43.2 Å². The Hall–Kier alpha value is -17.2. The highest BCUT2D eigenvalue weighted by atomic mass is 16.3. The van der Waals surface area contributed by atoms with Gasteiger partial charge in [0.15, 0.2) is 34.9 Å². The van der Waals surface area contributed by atoms with E-state index in [0.717, 1.165) is 173 Å². The number of furan rings is 3. The molecule has 1 aliphatic carbocycles. The molecule has 26 aromatic rings. The average Bonchev–Trinajstić information content (AvgIpc) is 1.61. The molecule has 127 heavy (non-hydrogen) atoms. The summed E-state index contributed by atoms with van der Waals surface area (Å²) in [6.45, 7) is 0. The fourth-order valence-electron chi connectivity index (χ4n) is 19.4. The molecule has 8 aromatic heterocycles. The zero-order valence-electron chi connectivity index (χ0n) is 68.1. The summed E-state index contributed by atoms with van der Waals surface area (Å²) in [6, 6.07) is 143. The Labute approximate surface area is 726 Å². The fourth-order valence-corrected chi connectivity index (χ4v) is 19.4. The standard InChI is InChI=1S/C58H34N4O2.C57H35N5O/c1-3-11-34(12-4-1)56-59-57(35-13-5-2-6-14-35)61-58(60-56)40-20-19-38-27-39-21-24-41(31-45(39)44(38)30-40)62-50-17-9-7-15-42(50)46-28-36(22-25-51(46)62)37-23-26-53-47(29-37)49-33-54-48(32-55(49)64-53)43-16-8-10-18-52(43)63-54;1-3-14-36(15-4-1)55-58-56(37-16-5-2-6-17-37)60-57(59-55)38-26-29-40(30-27-38)61-49-23-10-8-19-44(49)48-35-41(31-33-52(48)61)62-50-24-11-7-18-43(50)47-34-39(28-32-51(47)62)42-21-13-22-46-45-20-9-12-25-53(45)63-54(42)46/h1-26,28-33H,27H2;1-35H. The van der Waals surface area contributed by atoms with E-state index >= 15 is 0 Å². The molecular weight excluding hydrogens is 1560 g/mol. The maximum Gasteiger partial charge on any atom is 0.164 e. The number of hydrogen-bond donors (Lipinski definition) is 0. The first kappa shape index (κ1) is 71.5. The van der Waals surface area contributed by atoms with Crippen molar-refractivity contribution in [2.45, 2.75) is 6.42 Å². The van der Waals surface area contributed by atoms with Gasteiger partial charge >= 0.3 is 0 Å². The molecule has 0 amide bonds. The zero-order chi connectivity index (χ0) is 83.3. The van der Waals surface area contributed by atoms with Crippen molar-refractivity contribution in [2.75, 3.05) is 0 Å². The lowest BCUT2D eigenvalue weighted by molar-refractivity contribution is 0.664. The van der Waals surface area contributed by atoms with Crippen LogP contribution in [0, 0.1) is 0 Å². The minimum Gasteiger partial charge on any atom is -0.456 e. The van der Waals surface area contributed by atoms with Crippen molar-refractivity contribution in [2.24, 2.45) is 0 Å². The lowest BCUT2D eigenvalue weighted by Crippen LogP contribution is -2.00. The topological polar surface area (TPSA) is 132 Å². The van der Waals surface area contributed by atoms with Crippen LogP contribution in [0.2, 0.25) is 0 Å². The van der Waals surface area contributed by atoms with E-state index in [1.54, 1.807) is 0 Å². The van der Waals surface area contributed by atoms with Gasteiger partial charge in [-0.2, -0.15) is 0 Å². The van der Waals surface area contributed by atoms with Crippen LogP contribution >= 0.6 is 0 Å². The lowest BCUT2D eigenvalue weighted by Gasteiger charge is -2.12. The second-order valence-electron chi connectivity index (χ2n) is 32.8. The summed E-state index contributed by atoms with van der Waals surface area (Å²) in [4.78, 5) is 29.8. The zero-order valence-corrected chi connectivity index (χ0v) is 68.1. The molecule has 0 N–H and O–H groups in total. The summed E-state index contributed by atoms with van der Waals surface area (Å²) in [5, 5.41) is 13.7. The molecular formula is C115H69N9O3. The molecule has 12 nitrogen and oxygen atoms in total. The van der Waals surface area contributed by atoms with Crippen LogP contribution in [0.1, 0.15) is 11.1 Å². The number of rotatable bonds is 11. The average molecular weight is 1620 g/mol. The van der Waals surface area contributed by atoms with E-state index < -0.39 is 0 Å². The first-order valence-corrected chi connectivity index (χ1v) is 42.8. The summed E-state index contributed by atoms with van der Waals surface area (Å²) >= 11 is 0. The molecule has 18 aromatic carbocycles. The highest BCUT2D eigenvalue weighted by molar-refractivity contribution is 6.18. The molecule has 0 saturated heterocycles. The second kappa shape index (κ2) is 28.7. The minimum absolute atomic E-state index is 0.631. The van der Waals surface area contributed by atoms with Gasteiger partial charge in [0.05, 0.1) is 33.1 Å². The minimum atomic E-state index is 0.631. The molecule has 0 bridgehead atoms. The third-order valence-electron chi connectivity index (χ3n) is 25.4.